The van der Waals surface area contributed by atoms with E-state index in [4.69, 9.17) is 5.41 Å². The predicted molar refractivity (Wildman–Crippen MR) is 109 cm³/mol. The second kappa shape index (κ2) is 7.01. The van der Waals surface area contributed by atoms with Crippen LogP contribution in [-0.2, 0) is 4.79 Å². The number of fused-ring (bicyclic) bond motifs is 1. The summed E-state index contributed by atoms with van der Waals surface area (Å²) in [4.78, 5) is 17.5. The van der Waals surface area contributed by atoms with Gasteiger partial charge < -0.3 is 0 Å². The fraction of sp³-hybridized carbons (Fsp3) is 0.158. The first kappa shape index (κ1) is 16.9. The van der Waals surface area contributed by atoms with E-state index in [0.717, 1.165) is 16.3 Å². The first-order chi connectivity index (χ1) is 12.7. The molecule has 2 aromatic rings. The number of hydrazone groups is 1. The van der Waals surface area contributed by atoms with Gasteiger partial charge in [0.25, 0.3) is 5.91 Å². The summed E-state index contributed by atoms with van der Waals surface area (Å²) >= 11 is 2.90. The summed E-state index contributed by atoms with van der Waals surface area (Å²) in [6, 6.07) is 14.0. The molecule has 2 aliphatic rings. The molecule has 0 saturated heterocycles. The van der Waals surface area contributed by atoms with E-state index in [1.807, 2.05) is 35.7 Å². The van der Waals surface area contributed by atoms with E-state index in [9.17, 15) is 4.79 Å². The van der Waals surface area contributed by atoms with Gasteiger partial charge in [0.1, 0.15) is 5.04 Å². The Kier molecular flexibility index (Phi) is 4.57. The third-order valence-corrected chi connectivity index (χ3v) is 6.05. The second-order valence-corrected chi connectivity index (χ2v) is 7.81. The summed E-state index contributed by atoms with van der Waals surface area (Å²) in [6.45, 7) is 2.11. The van der Waals surface area contributed by atoms with Gasteiger partial charge in [0, 0.05) is 10.8 Å². The van der Waals surface area contributed by atoms with Crippen LogP contribution in [-0.4, -0.2) is 27.0 Å². The molecular weight excluding hydrogens is 364 g/mol. The molecule has 3 heterocycles. The van der Waals surface area contributed by atoms with Gasteiger partial charge in [-0.3, -0.25) is 10.2 Å². The maximum Gasteiger partial charge on any atom is 0.283 e. The minimum absolute atomic E-state index is 0.0822. The molecule has 0 unspecified atom stereocenters. The topological polar surface area (TPSA) is 68.9 Å². The molecule has 1 N–H and O–H groups in total. The van der Waals surface area contributed by atoms with Crippen LogP contribution < -0.4 is 0 Å². The van der Waals surface area contributed by atoms with Crippen molar-refractivity contribution in [1.82, 2.24) is 5.01 Å². The molecule has 1 amide bonds. The highest BCUT2D eigenvalue weighted by molar-refractivity contribution is 8.27. The van der Waals surface area contributed by atoms with E-state index in [1.165, 1.54) is 33.7 Å². The Morgan fingerprint density at radius 3 is 2.73 bits per heavy atom. The zero-order valence-electron chi connectivity index (χ0n) is 14.0. The van der Waals surface area contributed by atoms with Crippen LogP contribution in [0.1, 0.15) is 29.7 Å². The largest absolute Gasteiger partial charge is 0.283 e. The van der Waals surface area contributed by atoms with Crippen LogP contribution >= 0.6 is 23.1 Å². The first-order valence-electron chi connectivity index (χ1n) is 8.26. The summed E-state index contributed by atoms with van der Waals surface area (Å²) < 4.78 is 0. The molecule has 130 valence electrons. The quantitative estimate of drug-likeness (QED) is 0.791. The van der Waals surface area contributed by atoms with Crippen molar-refractivity contribution < 1.29 is 4.79 Å². The lowest BCUT2D eigenvalue weighted by molar-refractivity contribution is -0.114. The molecule has 0 aliphatic carbocycles. The van der Waals surface area contributed by atoms with Crippen LogP contribution in [0, 0.1) is 5.41 Å². The van der Waals surface area contributed by atoms with Crippen molar-refractivity contribution in [3.8, 4) is 0 Å². The maximum absolute atomic E-state index is 12.4. The average Bonchev–Trinajstić information content (AvgIpc) is 3.30. The number of hydrogen-bond donors (Lipinski definition) is 1. The number of benzene rings is 1. The molecule has 0 fully saturated rings. The Morgan fingerprint density at radius 1 is 1.23 bits per heavy atom. The lowest BCUT2D eigenvalue weighted by Gasteiger charge is -2.20. The molecule has 26 heavy (non-hydrogen) atoms. The van der Waals surface area contributed by atoms with Crippen molar-refractivity contribution in [1.29, 1.82) is 5.41 Å². The monoisotopic (exact) mass is 380 g/mol. The average molecular weight is 380 g/mol. The molecule has 1 aromatic carbocycles. The third-order valence-electron chi connectivity index (χ3n) is 4.21. The highest BCUT2D eigenvalue weighted by atomic mass is 32.2. The smallest absolute Gasteiger partial charge is 0.282 e. The zero-order chi connectivity index (χ0) is 18.1. The summed E-state index contributed by atoms with van der Waals surface area (Å²) in [5.41, 5.74) is 1.45. The van der Waals surface area contributed by atoms with Gasteiger partial charge in [0.2, 0.25) is 5.17 Å². The Labute approximate surface area is 159 Å². The summed E-state index contributed by atoms with van der Waals surface area (Å²) in [5.74, 6) is -0.174. The van der Waals surface area contributed by atoms with Gasteiger partial charge in [-0.15, -0.1) is 11.3 Å². The standard InChI is InChI=1S/C19H16N4OS2/c1-2-14(12-7-4-3-5-8-12)18-22-23-16(20)15(11-13-9-6-10-25-13)17(24)21-19(23)26-18/h3-11,14,20H,2H2,1H3/b15-11+,20-16?/t14-/m0/s1. The van der Waals surface area contributed by atoms with E-state index in [0.29, 0.717) is 5.17 Å². The van der Waals surface area contributed by atoms with Crippen molar-refractivity contribution in [3.05, 3.63) is 63.9 Å². The summed E-state index contributed by atoms with van der Waals surface area (Å²) in [7, 11) is 0. The Morgan fingerprint density at radius 2 is 2.04 bits per heavy atom. The van der Waals surface area contributed by atoms with Gasteiger partial charge in [-0.05, 0) is 41.3 Å². The van der Waals surface area contributed by atoms with Crippen molar-refractivity contribution >= 4 is 51.1 Å². The molecule has 5 nitrogen and oxygen atoms in total. The second-order valence-electron chi connectivity index (χ2n) is 5.85. The highest BCUT2D eigenvalue weighted by Crippen LogP contribution is 2.36. The molecular formula is C19H16N4OS2. The summed E-state index contributed by atoms with van der Waals surface area (Å²) in [5, 5.41) is 17.8. The molecule has 1 aromatic heterocycles. The number of hydrogen-bond acceptors (Lipinski definition) is 5. The Balaban J connectivity index is 1.67. The van der Waals surface area contributed by atoms with Crippen molar-refractivity contribution in [2.24, 2.45) is 10.1 Å². The van der Waals surface area contributed by atoms with Crippen molar-refractivity contribution in [3.63, 3.8) is 0 Å². The first-order valence-corrected chi connectivity index (χ1v) is 9.95. The van der Waals surface area contributed by atoms with Crippen LogP contribution in [0.2, 0.25) is 0 Å². The summed E-state index contributed by atoms with van der Waals surface area (Å²) in [6.07, 6.45) is 2.60. The van der Waals surface area contributed by atoms with E-state index in [-0.39, 0.29) is 23.2 Å². The van der Waals surface area contributed by atoms with E-state index in [2.05, 4.69) is 29.2 Å². The van der Waals surface area contributed by atoms with Crippen LogP contribution in [0.25, 0.3) is 6.08 Å². The number of nitrogens with one attached hydrogen (secondary N) is 1. The molecule has 0 saturated carbocycles. The predicted octanol–water partition coefficient (Wildman–Crippen LogP) is 4.56. The zero-order valence-corrected chi connectivity index (χ0v) is 15.7. The lowest BCUT2D eigenvalue weighted by Crippen LogP contribution is -2.35. The normalized spacial score (nSPS) is 19.4. The third kappa shape index (κ3) is 3.04. The molecule has 0 spiro atoms. The minimum atomic E-state index is -0.383. The Hall–Kier alpha value is -2.51. The van der Waals surface area contributed by atoms with Crippen molar-refractivity contribution in [2.45, 2.75) is 19.3 Å². The van der Waals surface area contributed by atoms with E-state index < -0.39 is 0 Å². The van der Waals surface area contributed by atoms with Gasteiger partial charge in [-0.25, -0.2) is 0 Å². The number of rotatable bonds is 4. The van der Waals surface area contributed by atoms with Gasteiger partial charge in [0.05, 0.1) is 5.57 Å². The molecule has 2 aliphatic heterocycles. The SMILES string of the molecule is CC[C@H](C1=NN2C(=N)/C(=C\c3cccs3)C(=O)N=C2S1)c1ccccc1. The minimum Gasteiger partial charge on any atom is -0.282 e. The highest BCUT2D eigenvalue weighted by Gasteiger charge is 2.37. The van der Waals surface area contributed by atoms with Gasteiger partial charge in [0.15, 0.2) is 5.84 Å². The lowest BCUT2D eigenvalue weighted by atomic mass is 9.98. The molecule has 0 bridgehead atoms. The van der Waals surface area contributed by atoms with Gasteiger partial charge >= 0.3 is 0 Å². The molecule has 7 heteroatoms. The fourth-order valence-corrected chi connectivity index (χ4v) is 4.66. The van der Waals surface area contributed by atoms with Crippen LogP contribution in [0.15, 0.2) is 63.5 Å². The number of amidine groups is 2. The number of amides is 1. The van der Waals surface area contributed by atoms with E-state index >= 15 is 0 Å². The number of nitrogens with zero attached hydrogens (tertiary/aromatic N) is 3. The number of thiophene rings is 1. The van der Waals surface area contributed by atoms with Crippen LogP contribution in [0.4, 0.5) is 0 Å². The number of carbonyl (C=O) groups is 1. The maximum atomic E-state index is 12.4. The van der Waals surface area contributed by atoms with Crippen molar-refractivity contribution in [2.75, 3.05) is 0 Å². The molecule has 4 rings (SSSR count). The molecule has 0 radical (unpaired) electrons. The number of thioether (sulfide) groups is 1. The Bertz CT molecular complexity index is 945. The number of carbonyl (C=O) groups excluding carboxylic acids is 1. The fourth-order valence-electron chi connectivity index (χ4n) is 2.90. The molecule has 1 atom stereocenters. The van der Waals surface area contributed by atoms with Crippen LogP contribution in [0.5, 0.6) is 0 Å². The van der Waals surface area contributed by atoms with Gasteiger partial charge in [-0.1, -0.05) is 43.3 Å². The van der Waals surface area contributed by atoms with Gasteiger partial charge in [-0.2, -0.15) is 15.1 Å². The van der Waals surface area contributed by atoms with Crippen LogP contribution in [0.3, 0.4) is 0 Å². The van der Waals surface area contributed by atoms with E-state index in [1.54, 1.807) is 6.08 Å². The number of aliphatic imine (C=N–C) groups is 1.